The summed E-state index contributed by atoms with van der Waals surface area (Å²) in [6, 6.07) is 4.35. The normalized spacial score (nSPS) is 14.8. The van der Waals surface area contributed by atoms with Gasteiger partial charge in [0.1, 0.15) is 5.76 Å². The highest BCUT2D eigenvalue weighted by Gasteiger charge is 2.21. The molecule has 92 valence electrons. The largest absolute Gasteiger partial charge is 0.468 e. The van der Waals surface area contributed by atoms with Crippen LogP contribution in [0.3, 0.4) is 0 Å². The van der Waals surface area contributed by atoms with E-state index in [-0.39, 0.29) is 6.04 Å². The van der Waals surface area contributed by atoms with E-state index in [2.05, 4.69) is 23.8 Å². The third-order valence-electron chi connectivity index (χ3n) is 2.80. The predicted molar refractivity (Wildman–Crippen MR) is 74.6 cm³/mol. The number of aryl methyl sites for hydroxylation is 1. The Morgan fingerprint density at radius 3 is 2.82 bits per heavy atom. The first-order chi connectivity index (χ1) is 8.22. The smallest absolute Gasteiger partial charge is 0.114 e. The minimum Gasteiger partial charge on any atom is -0.468 e. The molecular formula is C13H17NOS2. The van der Waals surface area contributed by atoms with Crippen LogP contribution in [-0.2, 0) is 0 Å². The second kappa shape index (κ2) is 5.76. The van der Waals surface area contributed by atoms with Crippen molar-refractivity contribution >= 4 is 23.1 Å². The van der Waals surface area contributed by atoms with Gasteiger partial charge in [0.05, 0.1) is 11.5 Å². The molecule has 2 aromatic rings. The van der Waals surface area contributed by atoms with Gasteiger partial charge in [0.25, 0.3) is 0 Å². The van der Waals surface area contributed by atoms with E-state index in [0.717, 1.165) is 12.2 Å². The minimum absolute atomic E-state index is 0.170. The first kappa shape index (κ1) is 12.7. The molecular weight excluding hydrogens is 250 g/mol. The zero-order chi connectivity index (χ0) is 12.3. The summed E-state index contributed by atoms with van der Waals surface area (Å²) in [5.74, 6) is 0.971. The van der Waals surface area contributed by atoms with E-state index in [1.54, 1.807) is 29.4 Å². The van der Waals surface area contributed by atoms with Crippen LogP contribution in [0.5, 0.6) is 0 Å². The fourth-order valence-electron chi connectivity index (χ4n) is 1.69. The van der Waals surface area contributed by atoms with Gasteiger partial charge in [-0.15, -0.1) is 11.8 Å². The van der Waals surface area contributed by atoms with Gasteiger partial charge in [-0.25, -0.2) is 0 Å². The van der Waals surface area contributed by atoms with Crippen molar-refractivity contribution in [3.05, 3.63) is 40.5 Å². The fourth-order valence-corrected chi connectivity index (χ4v) is 3.74. The van der Waals surface area contributed by atoms with Crippen molar-refractivity contribution in [2.45, 2.75) is 36.5 Å². The molecule has 17 heavy (non-hydrogen) atoms. The van der Waals surface area contributed by atoms with Gasteiger partial charge in [-0.3, -0.25) is 0 Å². The lowest BCUT2D eigenvalue weighted by molar-refractivity contribution is 0.526. The summed E-state index contributed by atoms with van der Waals surface area (Å²) in [4.78, 5) is 1.19. The maximum atomic E-state index is 6.23. The summed E-state index contributed by atoms with van der Waals surface area (Å²) >= 11 is 3.52. The van der Waals surface area contributed by atoms with Crippen LogP contribution in [0.2, 0.25) is 0 Å². The van der Waals surface area contributed by atoms with Crippen molar-refractivity contribution in [1.29, 1.82) is 0 Å². The summed E-state index contributed by atoms with van der Waals surface area (Å²) in [5, 5.41) is 4.60. The number of nitrogens with two attached hydrogens (primary N) is 1. The van der Waals surface area contributed by atoms with Gasteiger partial charge in [0.2, 0.25) is 0 Å². The van der Waals surface area contributed by atoms with Crippen molar-refractivity contribution in [1.82, 2.24) is 0 Å². The number of thiophene rings is 1. The van der Waals surface area contributed by atoms with Crippen LogP contribution in [0.1, 0.15) is 29.9 Å². The number of hydrogen-bond acceptors (Lipinski definition) is 4. The third kappa shape index (κ3) is 2.94. The third-order valence-corrected chi connectivity index (χ3v) is 5.05. The van der Waals surface area contributed by atoms with Gasteiger partial charge in [0, 0.05) is 10.9 Å². The quantitative estimate of drug-likeness (QED) is 0.824. The first-order valence-electron chi connectivity index (χ1n) is 5.70. The molecule has 2 rings (SSSR count). The van der Waals surface area contributed by atoms with E-state index in [4.69, 9.17) is 10.2 Å². The van der Waals surface area contributed by atoms with Crippen LogP contribution >= 0.6 is 23.1 Å². The molecule has 0 aliphatic heterocycles. The Morgan fingerprint density at radius 1 is 1.47 bits per heavy atom. The Balaban J connectivity index is 2.20. The second-order valence-electron chi connectivity index (χ2n) is 4.01. The first-order valence-corrected chi connectivity index (χ1v) is 7.53. The highest BCUT2D eigenvalue weighted by Crippen LogP contribution is 2.40. The number of thioether (sulfide) groups is 1. The molecule has 0 bridgehead atoms. The van der Waals surface area contributed by atoms with E-state index in [1.165, 1.54) is 10.5 Å². The molecule has 2 heterocycles. The van der Waals surface area contributed by atoms with Crippen LogP contribution in [0.4, 0.5) is 0 Å². The van der Waals surface area contributed by atoms with E-state index >= 15 is 0 Å². The molecule has 4 heteroatoms. The van der Waals surface area contributed by atoms with Crippen molar-refractivity contribution in [3.8, 4) is 0 Å². The van der Waals surface area contributed by atoms with Crippen molar-refractivity contribution in [3.63, 3.8) is 0 Å². The fraction of sp³-hybridized carbons (Fsp3) is 0.385. The van der Waals surface area contributed by atoms with E-state index in [9.17, 15) is 0 Å². The molecule has 0 saturated heterocycles. The summed E-state index contributed by atoms with van der Waals surface area (Å²) in [5.41, 5.74) is 7.54. The van der Waals surface area contributed by atoms with Gasteiger partial charge >= 0.3 is 0 Å². The summed E-state index contributed by atoms with van der Waals surface area (Å²) in [6.45, 7) is 4.12. The summed E-state index contributed by atoms with van der Waals surface area (Å²) in [7, 11) is 0. The zero-order valence-corrected chi connectivity index (χ0v) is 11.7. The lowest BCUT2D eigenvalue weighted by atomic mass is 10.1. The molecule has 0 spiro atoms. The number of furan rings is 1. The number of hydrogen-bond donors (Lipinski definition) is 1. The Bertz CT molecular complexity index is 450. The van der Waals surface area contributed by atoms with Crippen LogP contribution in [0.15, 0.2) is 38.5 Å². The van der Waals surface area contributed by atoms with Gasteiger partial charge < -0.3 is 10.2 Å². The molecule has 2 nitrogen and oxygen atoms in total. The maximum absolute atomic E-state index is 6.23. The highest BCUT2D eigenvalue weighted by molar-refractivity contribution is 7.99. The van der Waals surface area contributed by atoms with E-state index < -0.39 is 0 Å². The molecule has 0 saturated carbocycles. The molecule has 2 unspecified atom stereocenters. The summed E-state index contributed by atoms with van der Waals surface area (Å²) in [6.07, 6.45) is 2.71. The molecule has 2 N–H and O–H groups in total. The van der Waals surface area contributed by atoms with Crippen LogP contribution in [-0.4, -0.2) is 6.04 Å². The average molecular weight is 267 g/mol. The van der Waals surface area contributed by atoms with Gasteiger partial charge in [-0.05, 0) is 41.8 Å². The SMILES string of the molecule is CCC(N)C(Sc1ccoc1C)c1ccsc1. The van der Waals surface area contributed by atoms with E-state index in [1.807, 2.05) is 13.0 Å². The van der Waals surface area contributed by atoms with Gasteiger partial charge in [0.15, 0.2) is 0 Å². The summed E-state index contributed by atoms with van der Waals surface area (Å²) < 4.78 is 5.34. The molecule has 0 aliphatic rings. The second-order valence-corrected chi connectivity index (χ2v) is 5.97. The molecule has 0 aromatic carbocycles. The van der Waals surface area contributed by atoms with Crippen LogP contribution in [0, 0.1) is 6.92 Å². The Labute approximate surface area is 110 Å². The Morgan fingerprint density at radius 2 is 2.29 bits per heavy atom. The zero-order valence-electron chi connectivity index (χ0n) is 10.1. The topological polar surface area (TPSA) is 39.2 Å². The van der Waals surface area contributed by atoms with Crippen molar-refractivity contribution in [2.24, 2.45) is 5.73 Å². The standard InChI is InChI=1S/C13H17NOS2/c1-3-11(14)13(10-5-7-16-8-10)17-12-4-6-15-9(12)2/h4-8,11,13H,3,14H2,1-2H3. The molecule has 0 fully saturated rings. The van der Waals surface area contributed by atoms with E-state index in [0.29, 0.717) is 5.25 Å². The van der Waals surface area contributed by atoms with Crippen molar-refractivity contribution < 1.29 is 4.42 Å². The van der Waals surface area contributed by atoms with Crippen LogP contribution < -0.4 is 5.73 Å². The molecule has 0 radical (unpaired) electrons. The Kier molecular flexibility index (Phi) is 4.31. The molecule has 0 amide bonds. The highest BCUT2D eigenvalue weighted by atomic mass is 32.2. The molecule has 2 atom stereocenters. The average Bonchev–Trinajstić information content (AvgIpc) is 2.97. The maximum Gasteiger partial charge on any atom is 0.114 e. The lowest BCUT2D eigenvalue weighted by Gasteiger charge is -2.21. The van der Waals surface area contributed by atoms with Gasteiger partial charge in [-0.1, -0.05) is 6.92 Å². The van der Waals surface area contributed by atoms with Gasteiger partial charge in [-0.2, -0.15) is 11.3 Å². The molecule has 0 aliphatic carbocycles. The predicted octanol–water partition coefficient (Wildman–Crippen LogP) is 4.22. The molecule has 2 aromatic heterocycles. The minimum atomic E-state index is 0.170. The van der Waals surface area contributed by atoms with Crippen LogP contribution in [0.25, 0.3) is 0 Å². The Hall–Kier alpha value is -0.710. The monoisotopic (exact) mass is 267 g/mol. The number of rotatable bonds is 5. The van der Waals surface area contributed by atoms with Crippen molar-refractivity contribution in [2.75, 3.05) is 0 Å². The lowest BCUT2D eigenvalue weighted by Crippen LogP contribution is -2.25.